The first-order valence-corrected chi connectivity index (χ1v) is 6.76. The van der Waals surface area contributed by atoms with E-state index < -0.39 is 5.91 Å². The summed E-state index contributed by atoms with van der Waals surface area (Å²) in [5.74, 6) is -1.50. The van der Waals surface area contributed by atoms with Gasteiger partial charge in [-0.1, -0.05) is 30.3 Å². The van der Waals surface area contributed by atoms with Gasteiger partial charge in [0, 0.05) is 19.7 Å². The maximum Gasteiger partial charge on any atom is 0.257 e. The molecular formula is C17H17NO4. The predicted molar refractivity (Wildman–Crippen MR) is 82.0 cm³/mol. The molecule has 22 heavy (non-hydrogen) atoms. The van der Waals surface area contributed by atoms with Crippen LogP contribution in [0.1, 0.15) is 33.2 Å². The third kappa shape index (κ3) is 3.25. The summed E-state index contributed by atoms with van der Waals surface area (Å²) in [7, 11) is 1.61. The van der Waals surface area contributed by atoms with Crippen LogP contribution >= 0.6 is 0 Å². The number of Topliss-reactive ketones (excluding diaryl/α,β-unsaturated/α-hetero) is 1. The van der Waals surface area contributed by atoms with Crippen LogP contribution < -0.4 is 0 Å². The van der Waals surface area contributed by atoms with Crippen LogP contribution in [0, 0.1) is 0 Å². The Morgan fingerprint density at radius 1 is 1.00 bits per heavy atom. The van der Waals surface area contributed by atoms with Gasteiger partial charge < -0.3 is 15.1 Å². The van der Waals surface area contributed by atoms with Gasteiger partial charge in [-0.15, -0.1) is 0 Å². The van der Waals surface area contributed by atoms with E-state index in [0.29, 0.717) is 6.54 Å². The Labute approximate surface area is 128 Å². The summed E-state index contributed by atoms with van der Waals surface area (Å²) >= 11 is 0. The Kier molecular flexibility index (Phi) is 4.46. The number of rotatable bonds is 4. The van der Waals surface area contributed by atoms with Crippen LogP contribution in [-0.4, -0.2) is 33.9 Å². The van der Waals surface area contributed by atoms with Gasteiger partial charge in [0.2, 0.25) is 0 Å². The fourth-order valence-electron chi connectivity index (χ4n) is 2.17. The van der Waals surface area contributed by atoms with Gasteiger partial charge in [0.1, 0.15) is 11.5 Å². The first kappa shape index (κ1) is 15.6. The fourth-order valence-corrected chi connectivity index (χ4v) is 2.17. The largest absolute Gasteiger partial charge is 0.507 e. The van der Waals surface area contributed by atoms with E-state index in [2.05, 4.69) is 0 Å². The molecule has 0 saturated carbocycles. The standard InChI is InChI=1S/C17H17NO4/c1-11(19)13-8-14(16(21)9-15(13)20)17(22)18(2)10-12-6-4-3-5-7-12/h3-9,20-21H,10H2,1-2H3. The molecule has 0 aromatic heterocycles. The van der Waals surface area contributed by atoms with E-state index in [4.69, 9.17) is 0 Å². The number of hydrogen-bond donors (Lipinski definition) is 2. The number of benzene rings is 2. The van der Waals surface area contributed by atoms with Crippen LogP contribution in [0.4, 0.5) is 0 Å². The molecule has 0 radical (unpaired) electrons. The van der Waals surface area contributed by atoms with Crippen molar-refractivity contribution in [3.63, 3.8) is 0 Å². The number of carbonyl (C=O) groups excluding carboxylic acids is 2. The Hall–Kier alpha value is -2.82. The molecule has 2 aromatic carbocycles. The quantitative estimate of drug-likeness (QED) is 0.851. The van der Waals surface area contributed by atoms with Crippen LogP contribution in [0.5, 0.6) is 11.5 Å². The number of phenolic OH excluding ortho intramolecular Hbond substituents is 2. The summed E-state index contributed by atoms with van der Waals surface area (Å²) in [5, 5.41) is 19.5. The Morgan fingerprint density at radius 2 is 1.59 bits per heavy atom. The lowest BCUT2D eigenvalue weighted by atomic mass is 10.0. The predicted octanol–water partition coefficient (Wildman–Crippen LogP) is 2.57. The van der Waals surface area contributed by atoms with Crippen LogP contribution in [0.3, 0.4) is 0 Å². The third-order valence-electron chi connectivity index (χ3n) is 3.33. The van der Waals surface area contributed by atoms with E-state index in [-0.39, 0.29) is 28.4 Å². The summed E-state index contributed by atoms with van der Waals surface area (Å²) in [6, 6.07) is 11.6. The number of amides is 1. The number of aromatic hydroxyl groups is 2. The minimum atomic E-state index is -0.427. The van der Waals surface area contributed by atoms with Crippen molar-refractivity contribution in [2.24, 2.45) is 0 Å². The highest BCUT2D eigenvalue weighted by molar-refractivity contribution is 6.03. The zero-order valence-electron chi connectivity index (χ0n) is 12.4. The van der Waals surface area contributed by atoms with Crippen LogP contribution in [-0.2, 0) is 6.54 Å². The number of nitrogens with zero attached hydrogens (tertiary/aromatic N) is 1. The second-order valence-corrected chi connectivity index (χ2v) is 5.09. The molecule has 0 atom stereocenters. The second kappa shape index (κ2) is 6.30. The molecule has 0 unspecified atom stereocenters. The number of phenols is 2. The molecule has 2 aromatic rings. The van der Waals surface area contributed by atoms with Crippen molar-refractivity contribution in [1.82, 2.24) is 4.90 Å². The van der Waals surface area contributed by atoms with Gasteiger partial charge >= 0.3 is 0 Å². The van der Waals surface area contributed by atoms with Crippen molar-refractivity contribution in [3.8, 4) is 11.5 Å². The second-order valence-electron chi connectivity index (χ2n) is 5.09. The lowest BCUT2D eigenvalue weighted by Gasteiger charge is -2.18. The molecule has 0 spiro atoms. The maximum atomic E-state index is 12.4. The Bertz CT molecular complexity index is 710. The van der Waals surface area contributed by atoms with Gasteiger partial charge in [-0.2, -0.15) is 0 Å². The first-order chi connectivity index (χ1) is 10.4. The summed E-state index contributed by atoms with van der Waals surface area (Å²) < 4.78 is 0. The van der Waals surface area contributed by atoms with Crippen LogP contribution in [0.2, 0.25) is 0 Å². The molecular weight excluding hydrogens is 282 g/mol. The molecule has 0 heterocycles. The number of hydrogen-bond acceptors (Lipinski definition) is 4. The zero-order chi connectivity index (χ0) is 16.3. The average Bonchev–Trinajstić information content (AvgIpc) is 2.47. The van der Waals surface area contributed by atoms with Crippen LogP contribution in [0.25, 0.3) is 0 Å². The fraction of sp³-hybridized carbons (Fsp3) is 0.176. The summed E-state index contributed by atoms with van der Waals surface area (Å²) in [6.07, 6.45) is 0. The minimum absolute atomic E-state index is 0.00858. The van der Waals surface area contributed by atoms with Crippen molar-refractivity contribution in [3.05, 3.63) is 59.2 Å². The molecule has 5 nitrogen and oxygen atoms in total. The molecule has 114 valence electrons. The van der Waals surface area contributed by atoms with E-state index >= 15 is 0 Å². The number of ketones is 1. The van der Waals surface area contributed by atoms with Gasteiger partial charge in [-0.05, 0) is 18.6 Å². The Morgan fingerprint density at radius 3 is 2.18 bits per heavy atom. The smallest absolute Gasteiger partial charge is 0.257 e. The molecule has 0 aliphatic rings. The van der Waals surface area contributed by atoms with Gasteiger partial charge in [-0.25, -0.2) is 0 Å². The number of carbonyl (C=O) groups is 2. The van der Waals surface area contributed by atoms with Crippen LogP contribution in [0.15, 0.2) is 42.5 Å². The van der Waals surface area contributed by atoms with Gasteiger partial charge in [0.05, 0.1) is 11.1 Å². The van der Waals surface area contributed by atoms with Gasteiger partial charge in [0.25, 0.3) is 5.91 Å². The van der Waals surface area contributed by atoms with E-state index in [1.165, 1.54) is 17.9 Å². The zero-order valence-corrected chi connectivity index (χ0v) is 12.4. The summed E-state index contributed by atoms with van der Waals surface area (Å²) in [5.41, 5.74) is 0.944. The summed E-state index contributed by atoms with van der Waals surface area (Å²) in [4.78, 5) is 25.3. The van der Waals surface area contributed by atoms with E-state index in [0.717, 1.165) is 11.6 Å². The lowest BCUT2D eigenvalue weighted by Crippen LogP contribution is -2.26. The molecule has 2 N–H and O–H groups in total. The van der Waals surface area contributed by atoms with Crippen molar-refractivity contribution < 1.29 is 19.8 Å². The molecule has 0 saturated heterocycles. The molecule has 1 amide bonds. The molecule has 5 heteroatoms. The molecule has 0 aliphatic heterocycles. The molecule has 2 rings (SSSR count). The SMILES string of the molecule is CC(=O)c1cc(C(=O)N(C)Cc2ccccc2)c(O)cc1O. The topological polar surface area (TPSA) is 77.8 Å². The molecule has 0 bridgehead atoms. The average molecular weight is 299 g/mol. The normalized spacial score (nSPS) is 10.3. The highest BCUT2D eigenvalue weighted by Gasteiger charge is 2.20. The first-order valence-electron chi connectivity index (χ1n) is 6.76. The minimum Gasteiger partial charge on any atom is -0.507 e. The highest BCUT2D eigenvalue weighted by Crippen LogP contribution is 2.28. The third-order valence-corrected chi connectivity index (χ3v) is 3.33. The highest BCUT2D eigenvalue weighted by atomic mass is 16.3. The van der Waals surface area contributed by atoms with Crippen molar-refractivity contribution >= 4 is 11.7 Å². The van der Waals surface area contributed by atoms with E-state index in [9.17, 15) is 19.8 Å². The van der Waals surface area contributed by atoms with Crippen molar-refractivity contribution in [2.45, 2.75) is 13.5 Å². The van der Waals surface area contributed by atoms with Gasteiger partial charge in [0.15, 0.2) is 5.78 Å². The lowest BCUT2D eigenvalue weighted by molar-refractivity contribution is 0.0782. The molecule has 0 aliphatic carbocycles. The Balaban J connectivity index is 2.29. The molecule has 0 fully saturated rings. The monoisotopic (exact) mass is 299 g/mol. The summed E-state index contributed by atoms with van der Waals surface area (Å²) in [6.45, 7) is 1.66. The van der Waals surface area contributed by atoms with E-state index in [1.54, 1.807) is 7.05 Å². The maximum absolute atomic E-state index is 12.4. The van der Waals surface area contributed by atoms with E-state index in [1.807, 2.05) is 30.3 Å². The van der Waals surface area contributed by atoms with Crippen molar-refractivity contribution in [2.75, 3.05) is 7.05 Å². The van der Waals surface area contributed by atoms with Gasteiger partial charge in [-0.3, -0.25) is 9.59 Å². The van der Waals surface area contributed by atoms with Crippen molar-refractivity contribution in [1.29, 1.82) is 0 Å².